The van der Waals surface area contributed by atoms with Gasteiger partial charge in [-0.25, -0.2) is 9.18 Å². The Bertz CT molecular complexity index is 1100. The lowest BCUT2D eigenvalue weighted by Gasteiger charge is -2.42. The van der Waals surface area contributed by atoms with Crippen LogP contribution in [0.3, 0.4) is 0 Å². The molecule has 1 aliphatic heterocycles. The van der Waals surface area contributed by atoms with Gasteiger partial charge in [-0.3, -0.25) is 4.98 Å². The molecule has 2 fully saturated rings. The normalized spacial score (nSPS) is 19.0. The van der Waals surface area contributed by atoms with Crippen molar-refractivity contribution in [3.05, 3.63) is 64.7 Å². The Kier molecular flexibility index (Phi) is 7.57. The van der Waals surface area contributed by atoms with Crippen LogP contribution in [0.15, 0.2) is 36.4 Å². The Labute approximate surface area is 215 Å². The molecule has 0 spiro atoms. The summed E-state index contributed by atoms with van der Waals surface area (Å²) < 4.78 is 66.0. The number of hydrogen-bond acceptors (Lipinski definition) is 4. The van der Waals surface area contributed by atoms with E-state index < -0.39 is 35.0 Å². The largest absolute Gasteiger partial charge is 0.444 e. The Morgan fingerprint density at radius 1 is 1.11 bits per heavy atom. The first-order chi connectivity index (χ1) is 17.3. The molecule has 1 saturated heterocycles. The molecule has 1 unspecified atom stereocenters. The lowest BCUT2D eigenvalue weighted by Crippen LogP contribution is -2.48. The number of carbonyl (C=O) groups excluding carboxylic acids is 1. The zero-order valence-electron chi connectivity index (χ0n) is 21.7. The highest BCUT2D eigenvalue weighted by molar-refractivity contribution is 5.68. The van der Waals surface area contributed by atoms with Gasteiger partial charge < -0.3 is 14.4 Å². The minimum atomic E-state index is -4.47. The number of nitrogens with zero attached hydrogens (tertiary/aromatic N) is 2. The van der Waals surface area contributed by atoms with Crippen LogP contribution in [-0.2, 0) is 21.1 Å². The minimum absolute atomic E-state index is 0.0657. The van der Waals surface area contributed by atoms with Gasteiger partial charge in [-0.1, -0.05) is 12.1 Å². The molecule has 0 bridgehead atoms. The summed E-state index contributed by atoms with van der Waals surface area (Å²) in [6.45, 7) is 8.15. The predicted molar refractivity (Wildman–Crippen MR) is 131 cm³/mol. The smallest absolute Gasteiger partial charge is 0.416 e. The summed E-state index contributed by atoms with van der Waals surface area (Å²) in [5, 5.41) is 0. The van der Waals surface area contributed by atoms with Crippen molar-refractivity contribution in [3.63, 3.8) is 0 Å². The van der Waals surface area contributed by atoms with Crippen molar-refractivity contribution in [2.75, 3.05) is 19.7 Å². The molecule has 1 aromatic heterocycles. The summed E-state index contributed by atoms with van der Waals surface area (Å²) in [7, 11) is 0. The average Bonchev–Trinajstić information content (AvgIpc) is 3.67. The summed E-state index contributed by atoms with van der Waals surface area (Å²) in [5.41, 5.74) is -0.300. The van der Waals surface area contributed by atoms with Crippen molar-refractivity contribution in [2.45, 2.75) is 82.6 Å². The predicted octanol–water partition coefficient (Wildman–Crippen LogP) is 7.16. The molecular formula is C28H34F4N2O3. The van der Waals surface area contributed by atoms with Crippen LogP contribution >= 0.6 is 0 Å². The molecule has 5 nitrogen and oxygen atoms in total. The Morgan fingerprint density at radius 3 is 2.27 bits per heavy atom. The van der Waals surface area contributed by atoms with E-state index in [1.807, 2.05) is 20.8 Å². The maximum atomic E-state index is 13.7. The van der Waals surface area contributed by atoms with Gasteiger partial charge in [0.15, 0.2) is 0 Å². The summed E-state index contributed by atoms with van der Waals surface area (Å²) in [6.07, 6.45) is -2.79. The zero-order valence-corrected chi connectivity index (χ0v) is 21.7. The first-order valence-electron chi connectivity index (χ1n) is 12.7. The van der Waals surface area contributed by atoms with Crippen molar-refractivity contribution in [1.82, 2.24) is 9.88 Å². The van der Waals surface area contributed by atoms with Gasteiger partial charge in [0.1, 0.15) is 11.4 Å². The standard InChI is InChI=1S/C28H34F4N2O3/c1-18(23-15-21(28(30,31)32)16-24(33-23)19-5-6-19)36-17-27(20-7-9-22(29)10-8-20)11-13-34(14-12-27)25(35)37-26(2,3)4/h7-10,15-16,18-19H,5-6,11-14,17H2,1-4H3. The molecule has 37 heavy (non-hydrogen) atoms. The van der Waals surface area contributed by atoms with Gasteiger partial charge in [0.2, 0.25) is 0 Å². The maximum Gasteiger partial charge on any atom is 0.416 e. The molecule has 202 valence electrons. The highest BCUT2D eigenvalue weighted by Gasteiger charge is 2.40. The van der Waals surface area contributed by atoms with Crippen molar-refractivity contribution in [2.24, 2.45) is 0 Å². The second-order valence-corrected chi connectivity index (χ2v) is 11.2. The number of carbonyl (C=O) groups is 1. The van der Waals surface area contributed by atoms with Gasteiger partial charge >= 0.3 is 12.3 Å². The third-order valence-corrected chi connectivity index (χ3v) is 7.04. The number of aromatic nitrogens is 1. The third-order valence-electron chi connectivity index (χ3n) is 7.04. The van der Waals surface area contributed by atoms with Crippen LogP contribution in [0.2, 0.25) is 0 Å². The lowest BCUT2D eigenvalue weighted by atomic mass is 9.73. The number of ether oxygens (including phenoxy) is 2. The number of likely N-dealkylation sites (tertiary alicyclic amines) is 1. The summed E-state index contributed by atoms with van der Waals surface area (Å²) in [5.74, 6) is -0.295. The monoisotopic (exact) mass is 522 g/mol. The second kappa shape index (κ2) is 10.2. The Balaban J connectivity index is 1.53. The van der Waals surface area contributed by atoms with E-state index in [1.165, 1.54) is 12.1 Å². The van der Waals surface area contributed by atoms with Crippen LogP contribution in [-0.4, -0.2) is 41.3 Å². The van der Waals surface area contributed by atoms with Gasteiger partial charge in [-0.05, 0) is 83.2 Å². The molecule has 0 radical (unpaired) electrons. The molecule has 4 rings (SSSR count). The zero-order chi connectivity index (χ0) is 27.0. The Morgan fingerprint density at radius 2 is 1.73 bits per heavy atom. The SMILES string of the molecule is CC(OCC1(c2ccc(F)cc2)CCN(C(=O)OC(C)(C)C)CC1)c1cc(C(F)(F)F)cc(C2CC2)n1. The molecule has 1 atom stereocenters. The van der Waals surface area contributed by atoms with Crippen molar-refractivity contribution >= 4 is 6.09 Å². The van der Waals surface area contributed by atoms with Gasteiger partial charge in [0, 0.05) is 30.1 Å². The molecule has 1 saturated carbocycles. The van der Waals surface area contributed by atoms with Crippen LogP contribution in [0, 0.1) is 5.82 Å². The number of halogens is 4. The fourth-order valence-corrected chi connectivity index (χ4v) is 4.67. The molecule has 2 aliphatic rings. The van der Waals surface area contributed by atoms with E-state index in [2.05, 4.69) is 4.98 Å². The molecule has 1 amide bonds. The van der Waals surface area contributed by atoms with Crippen LogP contribution in [0.4, 0.5) is 22.4 Å². The van der Waals surface area contributed by atoms with E-state index in [4.69, 9.17) is 9.47 Å². The summed E-state index contributed by atoms with van der Waals surface area (Å²) in [4.78, 5) is 18.7. The van der Waals surface area contributed by atoms with Crippen molar-refractivity contribution in [1.29, 1.82) is 0 Å². The number of pyridine rings is 1. The molecule has 0 N–H and O–H groups in total. The topological polar surface area (TPSA) is 51.7 Å². The maximum absolute atomic E-state index is 13.7. The number of rotatable bonds is 6. The number of benzene rings is 1. The fraction of sp³-hybridized carbons (Fsp3) is 0.571. The van der Waals surface area contributed by atoms with Gasteiger partial charge in [0.05, 0.1) is 24.0 Å². The molecule has 9 heteroatoms. The molecule has 2 heterocycles. The van der Waals surface area contributed by atoms with Gasteiger partial charge in [-0.15, -0.1) is 0 Å². The van der Waals surface area contributed by atoms with Crippen molar-refractivity contribution < 1.29 is 31.8 Å². The van der Waals surface area contributed by atoms with Crippen LogP contribution in [0.1, 0.15) is 87.9 Å². The quantitative estimate of drug-likeness (QED) is 0.378. The highest BCUT2D eigenvalue weighted by atomic mass is 19.4. The second-order valence-electron chi connectivity index (χ2n) is 11.2. The van der Waals surface area contributed by atoms with E-state index in [9.17, 15) is 22.4 Å². The lowest BCUT2D eigenvalue weighted by molar-refractivity contribution is -0.137. The van der Waals surface area contributed by atoms with Crippen LogP contribution < -0.4 is 0 Å². The van der Waals surface area contributed by atoms with E-state index >= 15 is 0 Å². The summed E-state index contributed by atoms with van der Waals surface area (Å²) >= 11 is 0. The van der Waals surface area contributed by atoms with E-state index in [0.717, 1.165) is 30.5 Å². The highest BCUT2D eigenvalue weighted by Crippen LogP contribution is 2.42. The van der Waals surface area contributed by atoms with E-state index in [-0.39, 0.29) is 24.0 Å². The van der Waals surface area contributed by atoms with E-state index in [1.54, 1.807) is 24.0 Å². The number of amides is 1. The molecule has 1 aromatic carbocycles. The number of alkyl halides is 3. The molecular weight excluding hydrogens is 488 g/mol. The number of piperidine rings is 1. The van der Waals surface area contributed by atoms with Gasteiger partial charge in [0.25, 0.3) is 0 Å². The van der Waals surface area contributed by atoms with E-state index in [0.29, 0.717) is 31.6 Å². The summed E-state index contributed by atoms with van der Waals surface area (Å²) in [6, 6.07) is 8.39. The van der Waals surface area contributed by atoms with Crippen LogP contribution in [0.25, 0.3) is 0 Å². The average molecular weight is 523 g/mol. The molecule has 2 aromatic rings. The third kappa shape index (κ3) is 6.80. The fourth-order valence-electron chi connectivity index (χ4n) is 4.67. The first-order valence-corrected chi connectivity index (χ1v) is 12.7. The Hall–Kier alpha value is -2.68. The first kappa shape index (κ1) is 27.4. The van der Waals surface area contributed by atoms with Gasteiger partial charge in [-0.2, -0.15) is 13.2 Å². The van der Waals surface area contributed by atoms with Crippen molar-refractivity contribution in [3.8, 4) is 0 Å². The van der Waals surface area contributed by atoms with Crippen LogP contribution in [0.5, 0.6) is 0 Å². The minimum Gasteiger partial charge on any atom is -0.444 e. The number of hydrogen-bond donors (Lipinski definition) is 0. The molecule has 1 aliphatic carbocycles.